The average molecular weight is 166 g/mol. The van der Waals surface area contributed by atoms with E-state index in [0.29, 0.717) is 0 Å². The minimum atomic E-state index is -0.326. The van der Waals surface area contributed by atoms with Crippen LogP contribution in [0.4, 0.5) is 0 Å². The summed E-state index contributed by atoms with van der Waals surface area (Å²) in [6.07, 6.45) is 6.59. The Balaban J connectivity index is 0. The molecule has 0 aromatic carbocycles. The molecule has 3 heteroatoms. The Morgan fingerprint density at radius 1 is 1.40 bits per heavy atom. The first kappa shape index (κ1) is 13.2. The Labute approximate surface area is 104 Å². The van der Waals surface area contributed by atoms with Crippen molar-refractivity contribution in [2.75, 3.05) is 7.11 Å². The summed E-state index contributed by atoms with van der Waals surface area (Å²) in [7, 11) is 1.35. The van der Waals surface area contributed by atoms with Crippen molar-refractivity contribution < 1.29 is 9.53 Å². The van der Waals surface area contributed by atoms with Gasteiger partial charge in [-0.1, -0.05) is 18.2 Å². The maximum absolute atomic E-state index is 10.3. The first-order valence-corrected chi connectivity index (χ1v) is 2.68. The molecule has 0 fully saturated rings. The second-order valence-electron chi connectivity index (χ2n) is 1.41. The molecule has 0 aromatic heterocycles. The standard InChI is InChI=1S/C7H10O2.K.H/c1-3-4-5-6-7(8)9-2;;/h3-6H,1-2H3;;/b4-3+,6-5+;;. The molecule has 0 aliphatic heterocycles. The number of ether oxygens (including phenoxy) is 1. The molecular formula is C7H11KO2. The van der Waals surface area contributed by atoms with Crippen LogP contribution in [0.2, 0.25) is 0 Å². The molecule has 2 nitrogen and oxygen atoms in total. The topological polar surface area (TPSA) is 26.3 Å². The van der Waals surface area contributed by atoms with Crippen molar-refractivity contribution >= 4 is 57.4 Å². The van der Waals surface area contributed by atoms with Crippen LogP contribution >= 0.6 is 0 Å². The summed E-state index contributed by atoms with van der Waals surface area (Å²) in [5, 5.41) is 0. The predicted octanol–water partition coefficient (Wildman–Crippen LogP) is 0.643. The predicted molar refractivity (Wildman–Crippen MR) is 43.1 cm³/mol. The van der Waals surface area contributed by atoms with Crippen LogP contribution < -0.4 is 0 Å². The van der Waals surface area contributed by atoms with Gasteiger partial charge in [0.25, 0.3) is 0 Å². The Morgan fingerprint density at radius 3 is 2.40 bits per heavy atom. The summed E-state index contributed by atoms with van der Waals surface area (Å²) < 4.78 is 4.34. The molecule has 0 saturated carbocycles. The van der Waals surface area contributed by atoms with Gasteiger partial charge in [-0.05, 0) is 6.92 Å². The third-order valence-electron chi connectivity index (χ3n) is 0.737. The van der Waals surface area contributed by atoms with Crippen molar-refractivity contribution in [1.29, 1.82) is 0 Å². The van der Waals surface area contributed by atoms with Gasteiger partial charge in [0, 0.05) is 6.08 Å². The molecule has 0 unspecified atom stereocenters. The number of allylic oxidation sites excluding steroid dienone is 3. The molecule has 0 radical (unpaired) electrons. The molecule has 0 saturated heterocycles. The summed E-state index contributed by atoms with van der Waals surface area (Å²) in [6.45, 7) is 1.88. The van der Waals surface area contributed by atoms with E-state index in [1.54, 1.807) is 12.2 Å². The fourth-order valence-corrected chi connectivity index (χ4v) is 0.313. The Bertz CT molecular complexity index is 139. The third kappa shape index (κ3) is 8.59. The Morgan fingerprint density at radius 2 is 2.00 bits per heavy atom. The summed E-state index contributed by atoms with van der Waals surface area (Å²) in [6, 6.07) is 0. The number of carbonyl (C=O) groups excluding carboxylic acids is 1. The average Bonchev–Trinajstić information content (AvgIpc) is 1.89. The van der Waals surface area contributed by atoms with Gasteiger partial charge in [-0.2, -0.15) is 0 Å². The van der Waals surface area contributed by atoms with Crippen LogP contribution in [0.15, 0.2) is 24.3 Å². The van der Waals surface area contributed by atoms with Crippen molar-refractivity contribution in [2.24, 2.45) is 0 Å². The van der Waals surface area contributed by atoms with Gasteiger partial charge in [0.2, 0.25) is 0 Å². The van der Waals surface area contributed by atoms with E-state index in [1.807, 2.05) is 13.0 Å². The van der Waals surface area contributed by atoms with Crippen molar-refractivity contribution in [3.05, 3.63) is 24.3 Å². The molecule has 0 aliphatic rings. The van der Waals surface area contributed by atoms with Crippen LogP contribution in [0, 0.1) is 0 Å². The van der Waals surface area contributed by atoms with E-state index < -0.39 is 0 Å². The number of carbonyl (C=O) groups is 1. The zero-order chi connectivity index (χ0) is 7.11. The SMILES string of the molecule is C/C=C/C=C/C(=O)OC.[KH]. The van der Waals surface area contributed by atoms with Gasteiger partial charge in [0.15, 0.2) is 0 Å². The van der Waals surface area contributed by atoms with Crippen molar-refractivity contribution in [3.8, 4) is 0 Å². The summed E-state index contributed by atoms with van der Waals surface area (Å²) >= 11 is 0. The van der Waals surface area contributed by atoms with E-state index in [0.717, 1.165) is 0 Å². The van der Waals surface area contributed by atoms with Gasteiger partial charge >= 0.3 is 57.4 Å². The van der Waals surface area contributed by atoms with E-state index in [4.69, 9.17) is 0 Å². The van der Waals surface area contributed by atoms with Gasteiger partial charge in [-0.15, -0.1) is 0 Å². The molecular weight excluding hydrogens is 155 g/mol. The van der Waals surface area contributed by atoms with E-state index in [-0.39, 0.29) is 57.4 Å². The van der Waals surface area contributed by atoms with Crippen molar-refractivity contribution in [2.45, 2.75) is 6.92 Å². The summed E-state index contributed by atoms with van der Waals surface area (Å²) in [5.41, 5.74) is 0. The first-order valence-electron chi connectivity index (χ1n) is 2.68. The maximum atomic E-state index is 10.3. The number of rotatable bonds is 2. The second kappa shape index (κ2) is 9.59. The quantitative estimate of drug-likeness (QED) is 0.260. The summed E-state index contributed by atoms with van der Waals surface area (Å²) in [5.74, 6) is -0.326. The fourth-order valence-electron chi connectivity index (χ4n) is 0.313. The van der Waals surface area contributed by atoms with Crippen LogP contribution in [-0.4, -0.2) is 64.5 Å². The zero-order valence-electron chi connectivity index (χ0n) is 5.63. The molecule has 0 bridgehead atoms. The first-order chi connectivity index (χ1) is 4.31. The molecule has 0 aliphatic carbocycles. The van der Waals surface area contributed by atoms with Gasteiger partial charge < -0.3 is 4.74 Å². The van der Waals surface area contributed by atoms with Crippen molar-refractivity contribution in [1.82, 2.24) is 0 Å². The van der Waals surface area contributed by atoms with Crippen LogP contribution in [-0.2, 0) is 9.53 Å². The van der Waals surface area contributed by atoms with Crippen LogP contribution in [0.25, 0.3) is 0 Å². The normalized spacial score (nSPS) is 9.80. The molecule has 0 spiro atoms. The minimum absolute atomic E-state index is 0. The van der Waals surface area contributed by atoms with E-state index >= 15 is 0 Å². The fraction of sp³-hybridized carbons (Fsp3) is 0.286. The Hall–Kier alpha value is 0.586. The van der Waals surface area contributed by atoms with E-state index in [1.165, 1.54) is 13.2 Å². The molecule has 10 heavy (non-hydrogen) atoms. The molecule has 0 atom stereocenters. The van der Waals surface area contributed by atoms with Crippen LogP contribution in [0.1, 0.15) is 6.92 Å². The number of esters is 1. The van der Waals surface area contributed by atoms with E-state index in [2.05, 4.69) is 4.74 Å². The number of hydrogen-bond donors (Lipinski definition) is 0. The van der Waals surface area contributed by atoms with E-state index in [9.17, 15) is 4.79 Å². The summed E-state index contributed by atoms with van der Waals surface area (Å²) in [4.78, 5) is 10.3. The van der Waals surface area contributed by atoms with Gasteiger partial charge in [0.1, 0.15) is 0 Å². The number of hydrogen-bond acceptors (Lipinski definition) is 2. The second-order valence-corrected chi connectivity index (χ2v) is 1.41. The molecule has 52 valence electrons. The van der Waals surface area contributed by atoms with Crippen LogP contribution in [0.3, 0.4) is 0 Å². The van der Waals surface area contributed by atoms with Crippen LogP contribution in [0.5, 0.6) is 0 Å². The molecule has 0 N–H and O–H groups in total. The number of methoxy groups -OCH3 is 1. The molecule has 0 aromatic rings. The molecule has 0 rings (SSSR count). The van der Waals surface area contributed by atoms with Gasteiger partial charge in [-0.3, -0.25) is 0 Å². The van der Waals surface area contributed by atoms with Gasteiger partial charge in [0.05, 0.1) is 7.11 Å². The molecule has 0 heterocycles. The van der Waals surface area contributed by atoms with Crippen molar-refractivity contribution in [3.63, 3.8) is 0 Å². The third-order valence-corrected chi connectivity index (χ3v) is 0.737. The molecule has 0 amide bonds. The zero-order valence-corrected chi connectivity index (χ0v) is 5.63. The van der Waals surface area contributed by atoms with Gasteiger partial charge in [-0.25, -0.2) is 4.79 Å². The Kier molecular flexibility index (Phi) is 12.6. The monoisotopic (exact) mass is 166 g/mol.